The number of aliphatic hydroxyl groups is 1. The third kappa shape index (κ3) is 5.74. The number of rotatable bonds is 5. The summed E-state index contributed by atoms with van der Waals surface area (Å²) in [5.74, 6) is 0. The van der Waals surface area contributed by atoms with Gasteiger partial charge in [-0.25, -0.2) is 4.79 Å². The highest BCUT2D eigenvalue weighted by Gasteiger charge is 2.30. The lowest BCUT2D eigenvalue weighted by Crippen LogP contribution is -2.47. The van der Waals surface area contributed by atoms with Crippen LogP contribution in [0.3, 0.4) is 0 Å². The van der Waals surface area contributed by atoms with E-state index in [4.69, 9.17) is 0 Å². The number of aliphatic hydroxyl groups excluding tert-OH is 1. The summed E-state index contributed by atoms with van der Waals surface area (Å²) in [6.45, 7) is 7.11. The fraction of sp³-hybridized carbons (Fsp3) is 0.562. The van der Waals surface area contributed by atoms with Crippen molar-refractivity contribution in [1.29, 1.82) is 0 Å². The maximum absolute atomic E-state index is 12.5. The second-order valence-corrected chi connectivity index (χ2v) is 5.89. The van der Waals surface area contributed by atoms with E-state index in [1.54, 1.807) is 13.8 Å². The number of amides is 2. The lowest BCUT2D eigenvalue weighted by molar-refractivity contribution is -0.137. The number of benzene rings is 1. The first-order valence-corrected chi connectivity index (χ1v) is 7.44. The van der Waals surface area contributed by atoms with Crippen molar-refractivity contribution < 1.29 is 23.1 Å². The van der Waals surface area contributed by atoms with Crippen molar-refractivity contribution in [2.45, 2.75) is 52.1 Å². The number of nitrogens with zero attached hydrogens (tertiary/aromatic N) is 1. The maximum Gasteiger partial charge on any atom is 0.416 e. The molecule has 2 unspecified atom stereocenters. The van der Waals surface area contributed by atoms with Gasteiger partial charge in [-0.3, -0.25) is 0 Å². The van der Waals surface area contributed by atoms with Crippen molar-refractivity contribution in [2.24, 2.45) is 0 Å². The lowest BCUT2D eigenvalue weighted by Gasteiger charge is -2.29. The number of alkyl halides is 3. The van der Waals surface area contributed by atoms with E-state index >= 15 is 0 Å². The summed E-state index contributed by atoms with van der Waals surface area (Å²) in [6.07, 6.45) is -5.04. The number of halogens is 3. The summed E-state index contributed by atoms with van der Waals surface area (Å²) in [5.41, 5.74) is -0.148. The van der Waals surface area contributed by atoms with Crippen LogP contribution in [-0.4, -0.2) is 34.7 Å². The Morgan fingerprint density at radius 3 is 2.09 bits per heavy atom. The van der Waals surface area contributed by atoms with Crippen LogP contribution in [0, 0.1) is 0 Å². The Morgan fingerprint density at radius 2 is 1.70 bits per heavy atom. The summed E-state index contributed by atoms with van der Waals surface area (Å²) >= 11 is 0. The van der Waals surface area contributed by atoms with E-state index in [9.17, 15) is 23.1 Å². The molecule has 0 aliphatic rings. The predicted octanol–water partition coefficient (Wildman–Crippen LogP) is 3.57. The van der Waals surface area contributed by atoms with Crippen molar-refractivity contribution in [3.8, 4) is 0 Å². The highest BCUT2D eigenvalue weighted by atomic mass is 19.4. The first kappa shape index (κ1) is 19.3. The van der Waals surface area contributed by atoms with Crippen LogP contribution in [0.2, 0.25) is 0 Å². The van der Waals surface area contributed by atoms with E-state index in [0.717, 1.165) is 12.1 Å². The molecular weight excluding hydrogens is 309 g/mol. The van der Waals surface area contributed by atoms with Gasteiger partial charge < -0.3 is 15.3 Å². The minimum Gasteiger partial charge on any atom is -0.392 e. The maximum atomic E-state index is 12.5. The van der Waals surface area contributed by atoms with Gasteiger partial charge in [-0.05, 0) is 45.4 Å². The molecule has 0 radical (unpaired) electrons. The van der Waals surface area contributed by atoms with Gasteiger partial charge in [0, 0.05) is 12.6 Å². The SMILES string of the molecule is CC(O)CN(C(=O)NC(C)c1ccc(C(F)(F)F)cc1)C(C)C. The predicted molar refractivity (Wildman–Crippen MR) is 81.9 cm³/mol. The van der Waals surface area contributed by atoms with Crippen LogP contribution in [0.4, 0.5) is 18.0 Å². The Kier molecular flexibility index (Phi) is 6.44. The van der Waals surface area contributed by atoms with E-state index in [0.29, 0.717) is 5.56 Å². The van der Waals surface area contributed by atoms with Gasteiger partial charge in [-0.2, -0.15) is 13.2 Å². The zero-order valence-corrected chi connectivity index (χ0v) is 13.7. The zero-order chi connectivity index (χ0) is 17.8. The van der Waals surface area contributed by atoms with Gasteiger partial charge in [0.1, 0.15) is 0 Å². The fourth-order valence-electron chi connectivity index (χ4n) is 2.13. The van der Waals surface area contributed by atoms with Gasteiger partial charge in [0.15, 0.2) is 0 Å². The summed E-state index contributed by atoms with van der Waals surface area (Å²) in [5, 5.41) is 12.2. The molecule has 4 nitrogen and oxygen atoms in total. The van der Waals surface area contributed by atoms with Gasteiger partial charge in [-0.15, -0.1) is 0 Å². The molecule has 1 rings (SSSR count). The molecule has 0 heterocycles. The largest absolute Gasteiger partial charge is 0.416 e. The molecule has 0 saturated heterocycles. The molecule has 0 aliphatic carbocycles. The molecule has 7 heteroatoms. The van der Waals surface area contributed by atoms with E-state index in [-0.39, 0.29) is 18.6 Å². The van der Waals surface area contributed by atoms with Crippen molar-refractivity contribution in [1.82, 2.24) is 10.2 Å². The fourth-order valence-corrected chi connectivity index (χ4v) is 2.13. The summed E-state index contributed by atoms with van der Waals surface area (Å²) in [7, 11) is 0. The van der Waals surface area contributed by atoms with Crippen LogP contribution in [0.1, 0.15) is 44.9 Å². The molecule has 2 amide bonds. The van der Waals surface area contributed by atoms with Crippen LogP contribution in [0.15, 0.2) is 24.3 Å². The standard InChI is InChI=1S/C16H23F3N2O2/c1-10(2)21(9-11(3)22)15(23)20-12(4)13-5-7-14(8-6-13)16(17,18)19/h5-8,10-12,22H,9H2,1-4H3,(H,20,23). The number of carbonyl (C=O) groups excluding carboxylic acids is 1. The second-order valence-electron chi connectivity index (χ2n) is 5.89. The van der Waals surface area contributed by atoms with Gasteiger partial charge in [-0.1, -0.05) is 12.1 Å². The zero-order valence-electron chi connectivity index (χ0n) is 13.7. The van der Waals surface area contributed by atoms with Crippen LogP contribution in [-0.2, 0) is 6.18 Å². The van der Waals surface area contributed by atoms with Crippen LogP contribution >= 0.6 is 0 Å². The number of hydrogen-bond donors (Lipinski definition) is 2. The monoisotopic (exact) mass is 332 g/mol. The molecule has 2 N–H and O–H groups in total. The molecule has 1 aromatic rings. The van der Waals surface area contributed by atoms with Crippen LogP contribution in [0.5, 0.6) is 0 Å². The number of nitrogens with one attached hydrogen (secondary N) is 1. The molecule has 0 aromatic heterocycles. The Balaban J connectivity index is 2.77. The molecule has 0 bridgehead atoms. The number of urea groups is 1. The van der Waals surface area contributed by atoms with E-state index in [1.807, 2.05) is 13.8 Å². The molecular formula is C16H23F3N2O2. The lowest BCUT2D eigenvalue weighted by atomic mass is 10.1. The van der Waals surface area contributed by atoms with Crippen LogP contribution in [0.25, 0.3) is 0 Å². The van der Waals surface area contributed by atoms with Crippen LogP contribution < -0.4 is 5.32 Å². The molecule has 0 aliphatic heterocycles. The number of carbonyl (C=O) groups is 1. The molecule has 1 aromatic carbocycles. The molecule has 23 heavy (non-hydrogen) atoms. The second kappa shape index (κ2) is 7.68. The minimum absolute atomic E-state index is 0.107. The van der Waals surface area contributed by atoms with Crippen molar-refractivity contribution in [3.63, 3.8) is 0 Å². The molecule has 0 saturated carbocycles. The molecule has 0 fully saturated rings. The third-order valence-electron chi connectivity index (χ3n) is 3.42. The quantitative estimate of drug-likeness (QED) is 0.866. The average Bonchev–Trinajstić information content (AvgIpc) is 2.43. The smallest absolute Gasteiger partial charge is 0.392 e. The van der Waals surface area contributed by atoms with Gasteiger partial charge in [0.05, 0.1) is 17.7 Å². The van der Waals surface area contributed by atoms with Crippen molar-refractivity contribution in [3.05, 3.63) is 35.4 Å². The average molecular weight is 332 g/mol. The highest BCUT2D eigenvalue weighted by molar-refractivity contribution is 5.75. The van der Waals surface area contributed by atoms with E-state index < -0.39 is 23.9 Å². The summed E-state index contributed by atoms with van der Waals surface area (Å²) < 4.78 is 37.6. The molecule has 130 valence electrons. The van der Waals surface area contributed by atoms with E-state index in [2.05, 4.69) is 5.32 Å². The first-order chi connectivity index (χ1) is 10.5. The Hall–Kier alpha value is -1.76. The van der Waals surface area contributed by atoms with Gasteiger partial charge >= 0.3 is 12.2 Å². The molecule has 0 spiro atoms. The normalized spacial score (nSPS) is 14.5. The topological polar surface area (TPSA) is 52.6 Å². The van der Waals surface area contributed by atoms with Crippen molar-refractivity contribution in [2.75, 3.05) is 6.54 Å². The Bertz CT molecular complexity index is 513. The van der Waals surface area contributed by atoms with Gasteiger partial charge in [0.25, 0.3) is 0 Å². The van der Waals surface area contributed by atoms with Crippen molar-refractivity contribution >= 4 is 6.03 Å². The summed E-state index contributed by atoms with van der Waals surface area (Å²) in [4.78, 5) is 13.7. The molecule has 2 atom stereocenters. The van der Waals surface area contributed by atoms with Gasteiger partial charge in [0.2, 0.25) is 0 Å². The highest BCUT2D eigenvalue weighted by Crippen LogP contribution is 2.29. The number of hydrogen-bond acceptors (Lipinski definition) is 2. The first-order valence-electron chi connectivity index (χ1n) is 7.44. The Morgan fingerprint density at radius 1 is 1.17 bits per heavy atom. The third-order valence-corrected chi connectivity index (χ3v) is 3.42. The summed E-state index contributed by atoms with van der Waals surface area (Å²) in [6, 6.07) is 3.77. The van der Waals surface area contributed by atoms with E-state index in [1.165, 1.54) is 17.0 Å². The Labute approximate surface area is 134 Å². The minimum atomic E-state index is -4.38.